The molecule has 20 heavy (non-hydrogen) atoms. The maximum Gasteiger partial charge on any atom is 0.211 e. The molecule has 0 spiro atoms. The Hall–Kier alpha value is -0.710. The highest BCUT2D eigenvalue weighted by atomic mass is 35.5. The van der Waals surface area contributed by atoms with Crippen LogP contribution in [0, 0.1) is 0 Å². The zero-order chi connectivity index (χ0) is 15.0. The fourth-order valence-electron chi connectivity index (χ4n) is 2.04. The first-order chi connectivity index (χ1) is 9.69. The Kier molecular flexibility index (Phi) is 8.04. The number of piperidine rings is 1. The Balaban J connectivity index is 0.000000956. The van der Waals surface area contributed by atoms with E-state index in [-0.39, 0.29) is 0 Å². The lowest BCUT2D eigenvalue weighted by Crippen LogP contribution is -2.31. The second kappa shape index (κ2) is 9.27. The minimum atomic E-state index is 0.642. The van der Waals surface area contributed by atoms with E-state index < -0.39 is 0 Å². The van der Waals surface area contributed by atoms with E-state index in [2.05, 4.69) is 17.3 Å². The molecule has 112 valence electrons. The van der Waals surface area contributed by atoms with Crippen LogP contribution in [0.1, 0.15) is 26.7 Å². The molecule has 3 nitrogen and oxygen atoms in total. The quantitative estimate of drug-likeness (QED) is 0.848. The third kappa shape index (κ3) is 5.35. The van der Waals surface area contributed by atoms with Crippen LogP contribution in [0.4, 0.5) is 5.69 Å². The predicted octanol–water partition coefficient (Wildman–Crippen LogP) is 4.12. The van der Waals surface area contributed by atoms with Gasteiger partial charge in [-0.1, -0.05) is 25.4 Å². The summed E-state index contributed by atoms with van der Waals surface area (Å²) in [7, 11) is 2.16. The number of nitrogens with zero attached hydrogens (tertiary/aromatic N) is 1. The van der Waals surface area contributed by atoms with Crippen molar-refractivity contribution in [1.82, 2.24) is 4.90 Å². The molecule has 1 saturated heterocycles. The number of rotatable bonds is 4. The summed E-state index contributed by atoms with van der Waals surface area (Å²) in [6.45, 7) is 6.31. The fourth-order valence-corrected chi connectivity index (χ4v) is 3.47. The Morgan fingerprint density at radius 1 is 1.35 bits per heavy atom. The monoisotopic (exact) mass is 314 g/mol. The molecule has 1 aliphatic rings. The number of carbonyl (C=O) groups is 1. The van der Waals surface area contributed by atoms with Crippen molar-refractivity contribution in [2.45, 2.75) is 36.8 Å². The summed E-state index contributed by atoms with van der Waals surface area (Å²) >= 11 is 8.07. The van der Waals surface area contributed by atoms with Crippen LogP contribution in [0.5, 0.6) is 0 Å². The van der Waals surface area contributed by atoms with Crippen molar-refractivity contribution in [3.8, 4) is 0 Å². The Morgan fingerprint density at radius 2 is 2.00 bits per heavy atom. The van der Waals surface area contributed by atoms with Gasteiger partial charge in [0.25, 0.3) is 0 Å². The lowest BCUT2D eigenvalue weighted by molar-refractivity contribution is -0.105. The molecular weight excluding hydrogens is 292 g/mol. The average molecular weight is 315 g/mol. The Labute approximate surface area is 131 Å². The van der Waals surface area contributed by atoms with Crippen LogP contribution in [-0.2, 0) is 4.79 Å². The zero-order valence-electron chi connectivity index (χ0n) is 12.4. The van der Waals surface area contributed by atoms with Gasteiger partial charge >= 0.3 is 0 Å². The number of halogens is 1. The number of carbonyl (C=O) groups excluding carboxylic acids is 1. The SMILES string of the molecule is CC.CN1CCC(Sc2ccc(NC=O)cc2Cl)CC1. The number of anilines is 1. The van der Waals surface area contributed by atoms with Crippen molar-refractivity contribution in [2.24, 2.45) is 0 Å². The van der Waals surface area contributed by atoms with Gasteiger partial charge in [-0.15, -0.1) is 11.8 Å². The Bertz CT molecular complexity index is 420. The fraction of sp³-hybridized carbons (Fsp3) is 0.533. The van der Waals surface area contributed by atoms with E-state index in [1.165, 1.54) is 12.8 Å². The molecule has 0 aliphatic carbocycles. The van der Waals surface area contributed by atoms with E-state index in [1.54, 1.807) is 6.07 Å². The summed E-state index contributed by atoms with van der Waals surface area (Å²) in [5.41, 5.74) is 0.739. The molecule has 2 rings (SSSR count). The van der Waals surface area contributed by atoms with E-state index in [4.69, 9.17) is 11.6 Å². The van der Waals surface area contributed by atoms with Gasteiger partial charge in [-0.2, -0.15) is 0 Å². The third-order valence-electron chi connectivity index (χ3n) is 3.12. The van der Waals surface area contributed by atoms with E-state index in [9.17, 15) is 4.79 Å². The first-order valence-corrected chi connectivity index (χ1v) is 8.30. The minimum absolute atomic E-state index is 0.642. The maximum atomic E-state index is 10.4. The van der Waals surface area contributed by atoms with Gasteiger partial charge in [0, 0.05) is 15.8 Å². The Morgan fingerprint density at radius 3 is 2.55 bits per heavy atom. The number of amides is 1. The molecule has 0 radical (unpaired) electrons. The van der Waals surface area contributed by atoms with Crippen molar-refractivity contribution in [1.29, 1.82) is 0 Å². The van der Waals surface area contributed by atoms with Gasteiger partial charge in [-0.05, 0) is 51.2 Å². The molecule has 0 atom stereocenters. The van der Waals surface area contributed by atoms with Crippen LogP contribution < -0.4 is 5.32 Å². The van der Waals surface area contributed by atoms with E-state index in [0.717, 1.165) is 23.7 Å². The molecule has 1 aromatic rings. The van der Waals surface area contributed by atoms with E-state index in [1.807, 2.05) is 37.7 Å². The summed E-state index contributed by atoms with van der Waals surface area (Å²) in [6, 6.07) is 5.67. The summed E-state index contributed by atoms with van der Waals surface area (Å²) in [4.78, 5) is 13.8. The van der Waals surface area contributed by atoms with Crippen LogP contribution in [0.15, 0.2) is 23.1 Å². The smallest absolute Gasteiger partial charge is 0.211 e. The number of nitrogens with one attached hydrogen (secondary N) is 1. The molecule has 1 amide bonds. The molecular formula is C15H23ClN2OS. The normalized spacial score (nSPS) is 16.2. The van der Waals surface area contributed by atoms with Gasteiger partial charge in [0.1, 0.15) is 0 Å². The molecule has 1 aliphatic heterocycles. The summed E-state index contributed by atoms with van der Waals surface area (Å²) in [6.07, 6.45) is 3.06. The van der Waals surface area contributed by atoms with Crippen molar-refractivity contribution >= 4 is 35.5 Å². The number of benzene rings is 1. The maximum absolute atomic E-state index is 10.4. The predicted molar refractivity (Wildman–Crippen MR) is 88.9 cm³/mol. The topological polar surface area (TPSA) is 32.3 Å². The first kappa shape index (κ1) is 17.3. The third-order valence-corrected chi connectivity index (χ3v) is 4.96. The van der Waals surface area contributed by atoms with Crippen LogP contribution >= 0.6 is 23.4 Å². The van der Waals surface area contributed by atoms with Crippen molar-refractivity contribution in [3.63, 3.8) is 0 Å². The second-order valence-electron chi connectivity index (χ2n) is 4.53. The molecule has 1 heterocycles. The van der Waals surface area contributed by atoms with Crippen LogP contribution in [0.25, 0.3) is 0 Å². The molecule has 0 saturated carbocycles. The molecule has 1 fully saturated rings. The average Bonchev–Trinajstić information content (AvgIpc) is 2.47. The van der Waals surface area contributed by atoms with Gasteiger partial charge in [0.05, 0.1) is 5.02 Å². The molecule has 0 aromatic heterocycles. The summed E-state index contributed by atoms with van der Waals surface area (Å²) in [5.74, 6) is 0. The number of hydrogen-bond donors (Lipinski definition) is 1. The number of likely N-dealkylation sites (tertiary alicyclic amines) is 1. The van der Waals surface area contributed by atoms with Gasteiger partial charge in [-0.3, -0.25) is 4.79 Å². The lowest BCUT2D eigenvalue weighted by Gasteiger charge is -2.28. The van der Waals surface area contributed by atoms with Gasteiger partial charge in [0.15, 0.2) is 0 Å². The van der Waals surface area contributed by atoms with Gasteiger partial charge in [0.2, 0.25) is 6.41 Å². The van der Waals surface area contributed by atoms with Gasteiger partial charge in [-0.25, -0.2) is 0 Å². The standard InChI is InChI=1S/C13H17ClN2OS.C2H6/c1-16-6-4-11(5-7-16)18-13-3-2-10(15-9-17)8-12(13)14;1-2/h2-3,8-9,11H,4-7H2,1H3,(H,15,17);1-2H3. The summed E-state index contributed by atoms with van der Waals surface area (Å²) < 4.78 is 0. The van der Waals surface area contributed by atoms with Crippen molar-refractivity contribution in [2.75, 3.05) is 25.5 Å². The summed E-state index contributed by atoms with van der Waals surface area (Å²) in [5, 5.41) is 3.96. The molecule has 5 heteroatoms. The second-order valence-corrected chi connectivity index (χ2v) is 6.28. The van der Waals surface area contributed by atoms with Crippen molar-refractivity contribution < 1.29 is 4.79 Å². The first-order valence-electron chi connectivity index (χ1n) is 7.04. The van der Waals surface area contributed by atoms with Crippen molar-refractivity contribution in [3.05, 3.63) is 23.2 Å². The number of thioether (sulfide) groups is 1. The molecule has 0 unspecified atom stereocenters. The molecule has 1 N–H and O–H groups in total. The lowest BCUT2D eigenvalue weighted by atomic mass is 10.1. The zero-order valence-corrected chi connectivity index (χ0v) is 13.9. The van der Waals surface area contributed by atoms with Crippen LogP contribution in [0.2, 0.25) is 5.02 Å². The minimum Gasteiger partial charge on any atom is -0.329 e. The molecule has 1 aromatic carbocycles. The largest absolute Gasteiger partial charge is 0.329 e. The highest BCUT2D eigenvalue weighted by molar-refractivity contribution is 8.00. The van der Waals surface area contributed by atoms with Crippen LogP contribution in [-0.4, -0.2) is 36.7 Å². The van der Waals surface area contributed by atoms with E-state index >= 15 is 0 Å². The number of hydrogen-bond acceptors (Lipinski definition) is 3. The molecule has 0 bridgehead atoms. The highest BCUT2D eigenvalue weighted by Gasteiger charge is 2.18. The van der Waals surface area contributed by atoms with Crippen LogP contribution in [0.3, 0.4) is 0 Å². The van der Waals surface area contributed by atoms with Gasteiger partial charge < -0.3 is 10.2 Å². The highest BCUT2D eigenvalue weighted by Crippen LogP contribution is 2.35. The van der Waals surface area contributed by atoms with E-state index in [0.29, 0.717) is 16.7 Å².